The third-order valence-corrected chi connectivity index (χ3v) is 1.53. The predicted octanol–water partition coefficient (Wildman–Crippen LogP) is 0.774. The van der Waals surface area contributed by atoms with E-state index in [9.17, 15) is 0 Å². The SMILES string of the molecule is NNC=O.c1ccc2[nH]ccc2c1. The Kier molecular flexibility index (Phi) is 3.53. The average molecular weight is 177 g/mol. The second kappa shape index (κ2) is 4.95. The van der Waals surface area contributed by atoms with Crippen molar-refractivity contribution in [1.82, 2.24) is 10.4 Å². The van der Waals surface area contributed by atoms with Crippen LogP contribution < -0.4 is 11.3 Å². The maximum absolute atomic E-state index is 8.94. The molecule has 0 aliphatic carbocycles. The smallest absolute Gasteiger partial charge is 0.221 e. The molecule has 68 valence electrons. The molecule has 0 saturated heterocycles. The molecule has 0 fully saturated rings. The maximum atomic E-state index is 8.94. The monoisotopic (exact) mass is 177 g/mol. The lowest BCUT2D eigenvalue weighted by molar-refractivity contribution is -0.109. The van der Waals surface area contributed by atoms with Crippen molar-refractivity contribution < 1.29 is 4.79 Å². The van der Waals surface area contributed by atoms with Crippen LogP contribution in [0.5, 0.6) is 0 Å². The fraction of sp³-hybridized carbons (Fsp3) is 0. The minimum absolute atomic E-state index is 0.403. The van der Waals surface area contributed by atoms with E-state index in [1.54, 1.807) is 5.43 Å². The van der Waals surface area contributed by atoms with Crippen molar-refractivity contribution in [2.45, 2.75) is 0 Å². The molecule has 1 heterocycles. The molecule has 0 radical (unpaired) electrons. The zero-order valence-electron chi connectivity index (χ0n) is 7.03. The molecule has 0 aliphatic rings. The molecule has 0 aliphatic heterocycles. The normalized spacial score (nSPS) is 8.69. The maximum Gasteiger partial charge on any atom is 0.221 e. The molecule has 4 heteroatoms. The number of H-pyrrole nitrogens is 1. The minimum Gasteiger partial charge on any atom is -0.361 e. The summed E-state index contributed by atoms with van der Waals surface area (Å²) in [6, 6.07) is 10.3. The first kappa shape index (κ1) is 9.28. The van der Waals surface area contributed by atoms with Crippen LogP contribution in [-0.2, 0) is 4.79 Å². The number of carbonyl (C=O) groups is 1. The van der Waals surface area contributed by atoms with Crippen molar-refractivity contribution in [3.8, 4) is 0 Å². The largest absolute Gasteiger partial charge is 0.361 e. The second-order valence-electron chi connectivity index (χ2n) is 2.35. The second-order valence-corrected chi connectivity index (χ2v) is 2.35. The Morgan fingerprint density at radius 3 is 2.62 bits per heavy atom. The number of para-hydroxylation sites is 1. The Morgan fingerprint density at radius 2 is 2.00 bits per heavy atom. The topological polar surface area (TPSA) is 70.9 Å². The number of carbonyl (C=O) groups excluding carboxylic acids is 1. The van der Waals surface area contributed by atoms with Crippen LogP contribution >= 0.6 is 0 Å². The van der Waals surface area contributed by atoms with Crippen molar-refractivity contribution in [3.05, 3.63) is 36.5 Å². The zero-order valence-corrected chi connectivity index (χ0v) is 7.03. The van der Waals surface area contributed by atoms with E-state index in [0.717, 1.165) is 0 Å². The van der Waals surface area contributed by atoms with E-state index in [1.165, 1.54) is 10.9 Å². The number of benzene rings is 1. The fourth-order valence-corrected chi connectivity index (χ4v) is 0.995. The molecule has 0 saturated carbocycles. The number of amides is 1. The molecule has 0 bridgehead atoms. The van der Waals surface area contributed by atoms with E-state index in [-0.39, 0.29) is 0 Å². The Hall–Kier alpha value is -1.81. The van der Waals surface area contributed by atoms with E-state index in [0.29, 0.717) is 6.41 Å². The van der Waals surface area contributed by atoms with Gasteiger partial charge in [-0.05, 0) is 17.5 Å². The molecule has 13 heavy (non-hydrogen) atoms. The quantitative estimate of drug-likeness (QED) is 0.260. The van der Waals surface area contributed by atoms with Crippen LogP contribution in [-0.4, -0.2) is 11.4 Å². The highest BCUT2D eigenvalue weighted by Gasteiger charge is 1.86. The summed E-state index contributed by atoms with van der Waals surface area (Å²) in [6.07, 6.45) is 2.35. The van der Waals surface area contributed by atoms with Crippen molar-refractivity contribution in [3.63, 3.8) is 0 Å². The molecule has 1 amide bonds. The molecule has 0 spiro atoms. The van der Waals surface area contributed by atoms with Gasteiger partial charge in [-0.3, -0.25) is 10.2 Å². The number of hydrogen-bond acceptors (Lipinski definition) is 2. The Labute approximate surface area is 75.7 Å². The summed E-state index contributed by atoms with van der Waals surface area (Å²) in [5.41, 5.74) is 2.96. The third kappa shape index (κ3) is 2.61. The number of fused-ring (bicyclic) bond motifs is 1. The van der Waals surface area contributed by atoms with Gasteiger partial charge in [-0.2, -0.15) is 0 Å². The molecule has 2 aromatic rings. The van der Waals surface area contributed by atoms with Crippen molar-refractivity contribution in [2.75, 3.05) is 0 Å². The van der Waals surface area contributed by atoms with Gasteiger partial charge in [-0.1, -0.05) is 18.2 Å². The number of nitrogens with two attached hydrogens (primary N) is 1. The summed E-state index contributed by atoms with van der Waals surface area (Å²) in [7, 11) is 0. The summed E-state index contributed by atoms with van der Waals surface area (Å²) in [5, 5.41) is 1.28. The van der Waals surface area contributed by atoms with E-state index in [1.807, 2.05) is 18.3 Å². The summed E-state index contributed by atoms with van der Waals surface area (Å²) >= 11 is 0. The standard InChI is InChI=1S/C8H7N.CH4N2O/c1-2-4-8-7(3-1)5-6-9-8;2-3-1-4/h1-6,9H;1H,2H2,(H,3,4). The van der Waals surface area contributed by atoms with Gasteiger partial charge < -0.3 is 4.98 Å². The predicted molar refractivity (Wildman–Crippen MR) is 51.7 cm³/mol. The fourth-order valence-electron chi connectivity index (χ4n) is 0.995. The van der Waals surface area contributed by atoms with Gasteiger partial charge in [0.05, 0.1) is 0 Å². The summed E-state index contributed by atoms with van der Waals surface area (Å²) < 4.78 is 0. The number of hydrogen-bond donors (Lipinski definition) is 3. The van der Waals surface area contributed by atoms with Gasteiger partial charge in [-0.25, -0.2) is 5.84 Å². The van der Waals surface area contributed by atoms with Crippen LogP contribution in [0.15, 0.2) is 36.5 Å². The highest BCUT2D eigenvalue weighted by Crippen LogP contribution is 2.09. The summed E-state index contributed by atoms with van der Waals surface area (Å²) in [5.74, 6) is 4.41. The lowest BCUT2D eigenvalue weighted by Gasteiger charge is -1.83. The van der Waals surface area contributed by atoms with Gasteiger partial charge in [0.1, 0.15) is 0 Å². The lowest BCUT2D eigenvalue weighted by atomic mass is 10.3. The molecule has 0 atom stereocenters. The minimum atomic E-state index is 0.403. The van der Waals surface area contributed by atoms with Crippen molar-refractivity contribution >= 4 is 17.3 Å². The highest BCUT2D eigenvalue weighted by molar-refractivity contribution is 5.78. The number of aromatic amines is 1. The number of rotatable bonds is 1. The van der Waals surface area contributed by atoms with Gasteiger partial charge in [-0.15, -0.1) is 0 Å². The summed E-state index contributed by atoms with van der Waals surface area (Å²) in [6.45, 7) is 0. The highest BCUT2D eigenvalue weighted by atomic mass is 16.1. The first-order chi connectivity index (χ1) is 6.38. The van der Waals surface area contributed by atoms with Gasteiger partial charge in [0, 0.05) is 11.7 Å². The van der Waals surface area contributed by atoms with Crippen LogP contribution in [0.2, 0.25) is 0 Å². The van der Waals surface area contributed by atoms with Crippen molar-refractivity contribution in [2.24, 2.45) is 5.84 Å². The number of nitrogens with one attached hydrogen (secondary N) is 2. The van der Waals surface area contributed by atoms with Crippen LogP contribution in [0.3, 0.4) is 0 Å². The molecule has 1 aromatic carbocycles. The Bertz CT molecular complexity index is 339. The number of hydrazine groups is 1. The molecule has 1 aromatic heterocycles. The van der Waals surface area contributed by atoms with Crippen molar-refractivity contribution in [1.29, 1.82) is 0 Å². The Morgan fingerprint density at radius 1 is 1.31 bits per heavy atom. The lowest BCUT2D eigenvalue weighted by Crippen LogP contribution is -2.18. The summed E-state index contributed by atoms with van der Waals surface area (Å²) in [4.78, 5) is 12.1. The van der Waals surface area contributed by atoms with Gasteiger partial charge >= 0.3 is 0 Å². The van der Waals surface area contributed by atoms with E-state index in [2.05, 4.69) is 29.0 Å². The molecular weight excluding hydrogens is 166 g/mol. The van der Waals surface area contributed by atoms with Gasteiger partial charge in [0.25, 0.3) is 0 Å². The van der Waals surface area contributed by atoms with E-state index >= 15 is 0 Å². The van der Waals surface area contributed by atoms with E-state index in [4.69, 9.17) is 4.79 Å². The van der Waals surface area contributed by atoms with Gasteiger partial charge in [0.15, 0.2) is 0 Å². The average Bonchev–Trinajstić information content (AvgIpc) is 2.66. The molecule has 2 rings (SSSR count). The number of aromatic nitrogens is 1. The van der Waals surface area contributed by atoms with Crippen LogP contribution in [0.1, 0.15) is 0 Å². The molecule has 4 nitrogen and oxygen atoms in total. The van der Waals surface area contributed by atoms with Gasteiger partial charge in [0.2, 0.25) is 6.41 Å². The first-order valence-electron chi connectivity index (χ1n) is 3.80. The third-order valence-electron chi connectivity index (χ3n) is 1.53. The van der Waals surface area contributed by atoms with Crippen LogP contribution in [0.4, 0.5) is 0 Å². The Balaban J connectivity index is 0.000000184. The van der Waals surface area contributed by atoms with Crippen LogP contribution in [0.25, 0.3) is 10.9 Å². The molecule has 0 unspecified atom stereocenters. The molecular formula is C9H11N3O. The molecule has 4 N–H and O–H groups in total. The van der Waals surface area contributed by atoms with E-state index < -0.39 is 0 Å². The first-order valence-corrected chi connectivity index (χ1v) is 3.80. The zero-order chi connectivity index (χ0) is 9.52. The van der Waals surface area contributed by atoms with Crippen LogP contribution in [0, 0.1) is 0 Å².